The van der Waals surface area contributed by atoms with Gasteiger partial charge in [-0.2, -0.15) is 18.3 Å². The average molecular weight is 903 g/mol. The van der Waals surface area contributed by atoms with Crippen molar-refractivity contribution in [2.75, 3.05) is 6.54 Å². The smallest absolute Gasteiger partial charge is 0.414 e. The molecule has 2 atom stereocenters. The maximum Gasteiger partial charge on any atom is 0.414 e. The maximum absolute atomic E-state index is 15.7. The predicted molar refractivity (Wildman–Crippen MR) is 213 cm³/mol. The van der Waals surface area contributed by atoms with E-state index in [2.05, 4.69) is 20.4 Å². The summed E-state index contributed by atoms with van der Waals surface area (Å²) in [5.41, 5.74) is -6.02. The number of hydrogen-bond acceptors (Lipinski definition) is 8. The number of carboxylic acid groups (broad SMARTS) is 1. The van der Waals surface area contributed by atoms with Crippen LogP contribution in [0.25, 0.3) is 16.5 Å². The minimum Gasteiger partial charge on any atom is -0.465 e. The van der Waals surface area contributed by atoms with E-state index in [0.29, 0.717) is 10.2 Å². The summed E-state index contributed by atoms with van der Waals surface area (Å²) < 4.78 is 107. The third-order valence-corrected chi connectivity index (χ3v) is 11.1. The highest BCUT2D eigenvalue weighted by Crippen LogP contribution is 2.55. The monoisotopic (exact) mass is 902 g/mol. The van der Waals surface area contributed by atoms with E-state index in [-0.39, 0.29) is 50.5 Å². The molecule has 0 bridgehead atoms. The quantitative estimate of drug-likeness (QED) is 0.117. The number of guanidine groups is 1. The van der Waals surface area contributed by atoms with E-state index in [1.807, 2.05) is 0 Å². The molecule has 0 radical (unpaired) electrons. The largest absolute Gasteiger partial charge is 0.465 e. The lowest BCUT2D eigenvalue weighted by atomic mass is 9.75. The Kier molecular flexibility index (Phi) is 11.9. The second kappa shape index (κ2) is 16.8. The number of halogens is 8. The van der Waals surface area contributed by atoms with Gasteiger partial charge in [0.15, 0.2) is 11.4 Å². The number of carbonyl (C=O) groups excluding carboxylic acids is 2. The van der Waals surface area contributed by atoms with Crippen LogP contribution in [0.1, 0.15) is 87.1 Å². The second-order valence-electron chi connectivity index (χ2n) is 16.3. The van der Waals surface area contributed by atoms with Gasteiger partial charge in [-0.25, -0.2) is 41.8 Å². The Hall–Kier alpha value is -6.31. The number of alkyl halides is 7. The maximum atomic E-state index is 15.7. The fourth-order valence-electron chi connectivity index (χ4n) is 7.86. The Morgan fingerprint density at radius 2 is 1.68 bits per heavy atom. The zero-order chi connectivity index (χ0) is 45.6. The molecule has 21 heteroatoms. The molecule has 0 unspecified atom stereocenters. The van der Waals surface area contributed by atoms with Crippen molar-refractivity contribution in [2.45, 2.75) is 82.8 Å². The number of rotatable bonds is 12. The molecule has 2 aliphatic rings. The van der Waals surface area contributed by atoms with Crippen LogP contribution in [-0.2, 0) is 21.7 Å². The first-order valence-electron chi connectivity index (χ1n) is 19.3. The number of aliphatic imine (C=N–C) groups is 1. The molecular formula is C42H38ClF7N8O5. The molecule has 0 saturated heterocycles. The van der Waals surface area contributed by atoms with Gasteiger partial charge in [0.1, 0.15) is 24.2 Å². The summed E-state index contributed by atoms with van der Waals surface area (Å²) >= 11 is 6.50. The van der Waals surface area contributed by atoms with Crippen molar-refractivity contribution in [3.63, 3.8) is 0 Å². The Morgan fingerprint density at radius 1 is 0.968 bits per heavy atom. The number of ether oxygens (including phenoxy) is 1. The molecule has 63 heavy (non-hydrogen) atoms. The first-order valence-corrected chi connectivity index (χ1v) is 19.7. The van der Waals surface area contributed by atoms with Crippen LogP contribution in [0, 0.1) is 5.41 Å². The number of nitrogens with zero attached hydrogens (tertiary/aromatic N) is 7. The highest BCUT2D eigenvalue weighted by atomic mass is 35.5. The van der Waals surface area contributed by atoms with E-state index in [0.717, 1.165) is 23.5 Å². The van der Waals surface area contributed by atoms with Crippen molar-refractivity contribution in [3.05, 3.63) is 119 Å². The summed E-state index contributed by atoms with van der Waals surface area (Å²) in [5, 5.41) is 16.9. The minimum atomic E-state index is -5.08. The van der Waals surface area contributed by atoms with Gasteiger partial charge in [-0.15, -0.1) is 0 Å². The van der Waals surface area contributed by atoms with Gasteiger partial charge < -0.3 is 9.84 Å². The number of aromatic nitrogens is 4. The van der Waals surface area contributed by atoms with Crippen molar-refractivity contribution in [3.8, 4) is 5.69 Å². The molecule has 1 aliphatic heterocycles. The molecule has 1 aliphatic carbocycles. The van der Waals surface area contributed by atoms with E-state index < -0.39 is 96.5 Å². The summed E-state index contributed by atoms with van der Waals surface area (Å²) in [6.07, 6.45) is -13.8. The van der Waals surface area contributed by atoms with Crippen molar-refractivity contribution in [1.82, 2.24) is 34.9 Å². The number of alkyl carbamates (subject to hydrolysis) is 1. The Labute approximate surface area is 359 Å². The topological polar surface area (TPSA) is 155 Å². The third-order valence-electron chi connectivity index (χ3n) is 10.8. The van der Waals surface area contributed by atoms with E-state index in [9.17, 15) is 45.4 Å². The van der Waals surface area contributed by atoms with Crippen LogP contribution >= 0.6 is 11.6 Å². The fraction of sp³-hybridized carbons (Fsp3) is 0.357. The fourth-order valence-corrected chi connectivity index (χ4v) is 8.06. The van der Waals surface area contributed by atoms with Crippen molar-refractivity contribution >= 4 is 46.4 Å². The molecule has 1 fully saturated rings. The SMILES string of the molecule is CC(C)(C)C[C@]1(c2ccc3c(C(F)F)nccc3c2)N=C(NC(=O)OCc2ccccc2)N([C@H](CN(C(=O)O)C2(C(F)(F)F)CC2)c2ccc(Cl)c(-n3ncnc3C(F)F)c2)C1=O. The molecule has 2 aromatic heterocycles. The number of hydrogen-bond donors (Lipinski definition) is 2. The molecule has 3 heterocycles. The number of nitrogens with one attached hydrogen (secondary N) is 1. The van der Waals surface area contributed by atoms with Gasteiger partial charge >= 0.3 is 18.4 Å². The summed E-state index contributed by atoms with van der Waals surface area (Å²) in [7, 11) is 0. The second-order valence-corrected chi connectivity index (χ2v) is 16.7. The van der Waals surface area contributed by atoms with Crippen molar-refractivity contribution in [2.24, 2.45) is 10.4 Å². The van der Waals surface area contributed by atoms with E-state index in [4.69, 9.17) is 21.3 Å². The third kappa shape index (κ3) is 8.72. The lowest BCUT2D eigenvalue weighted by molar-refractivity contribution is -0.191. The minimum absolute atomic E-state index is 0.0538. The lowest BCUT2D eigenvalue weighted by Gasteiger charge is -2.39. The molecule has 1 saturated carbocycles. The highest BCUT2D eigenvalue weighted by Gasteiger charge is 2.69. The number of pyridine rings is 1. The van der Waals surface area contributed by atoms with Crippen LogP contribution in [0.15, 0.2) is 90.3 Å². The van der Waals surface area contributed by atoms with Crippen molar-refractivity contribution < 1.29 is 55.0 Å². The first kappa shape index (κ1) is 44.7. The molecular weight excluding hydrogens is 865 g/mol. The number of fused-ring (bicyclic) bond motifs is 1. The Bertz CT molecular complexity index is 2580. The average Bonchev–Trinajstić information content (AvgIpc) is 3.81. The normalized spacial score (nSPS) is 17.9. The molecule has 13 nitrogen and oxygen atoms in total. The molecule has 3 amide bonds. The Balaban J connectivity index is 1.45. The van der Waals surface area contributed by atoms with Gasteiger partial charge in [0.05, 0.1) is 23.3 Å². The summed E-state index contributed by atoms with van der Waals surface area (Å²) in [4.78, 5) is 55.5. The van der Waals surface area contributed by atoms with E-state index in [1.54, 1.807) is 51.1 Å². The molecule has 332 valence electrons. The summed E-state index contributed by atoms with van der Waals surface area (Å²) in [6.45, 7) is 3.90. The van der Waals surface area contributed by atoms with E-state index in [1.165, 1.54) is 36.4 Å². The number of carbonyl (C=O) groups is 3. The summed E-state index contributed by atoms with van der Waals surface area (Å²) in [6, 6.07) is 15.8. The van der Waals surface area contributed by atoms with Crippen LogP contribution < -0.4 is 5.32 Å². The van der Waals surface area contributed by atoms with Crippen LogP contribution in [0.3, 0.4) is 0 Å². The number of amides is 3. The molecule has 0 spiro atoms. The van der Waals surface area contributed by atoms with Gasteiger partial charge in [-0.1, -0.05) is 80.9 Å². The number of benzene rings is 3. The van der Waals surface area contributed by atoms with Crippen LogP contribution in [0.4, 0.5) is 40.3 Å². The summed E-state index contributed by atoms with van der Waals surface area (Å²) in [5.74, 6) is -2.42. The van der Waals surface area contributed by atoms with E-state index >= 15 is 4.79 Å². The lowest BCUT2D eigenvalue weighted by Crippen LogP contribution is -2.56. The highest BCUT2D eigenvalue weighted by molar-refractivity contribution is 6.32. The van der Waals surface area contributed by atoms with Gasteiger partial charge in [-0.3, -0.25) is 24.9 Å². The van der Waals surface area contributed by atoms with Crippen LogP contribution in [0.5, 0.6) is 0 Å². The first-order chi connectivity index (χ1) is 29.7. The molecule has 2 N–H and O–H groups in total. The van der Waals surface area contributed by atoms with Gasteiger partial charge in [0.25, 0.3) is 18.8 Å². The van der Waals surface area contributed by atoms with Crippen molar-refractivity contribution in [1.29, 1.82) is 0 Å². The zero-order valence-electron chi connectivity index (χ0n) is 33.6. The molecule has 7 rings (SSSR count). The predicted octanol–water partition coefficient (Wildman–Crippen LogP) is 9.92. The standard InChI is InChI=1S/C42H38ClF7N8O5/c1-39(2,3)21-41(26-10-11-27-24(17-26)13-16-51-31(27)32(44)45)35(59)57(36(55-41)54-37(60)63-20-23-7-5-4-6-8-23)30(19-56(38(61)62)40(14-15-40)42(48,49)50)25-9-12-28(43)29(18-25)58-34(33(46)47)52-22-53-58/h4-13,16-18,22,30,32-33H,14-15,19-21H2,1-3H3,(H,61,62)(H,54,55,60)/t30-,41-/m1/s1. The molecule has 5 aromatic rings. The molecule has 3 aromatic carbocycles. The van der Waals surface area contributed by atoms with Crippen LogP contribution in [-0.4, -0.2) is 77.0 Å². The zero-order valence-corrected chi connectivity index (χ0v) is 34.3. The van der Waals surface area contributed by atoms with Crippen LogP contribution in [0.2, 0.25) is 5.02 Å². The van der Waals surface area contributed by atoms with Gasteiger partial charge in [-0.05, 0) is 71.0 Å². The van der Waals surface area contributed by atoms with Gasteiger partial charge in [0.2, 0.25) is 5.96 Å². The van der Waals surface area contributed by atoms with Gasteiger partial charge in [0, 0.05) is 11.6 Å². The Morgan fingerprint density at radius 3 is 2.30 bits per heavy atom.